The van der Waals surface area contributed by atoms with E-state index in [1.165, 1.54) is 0 Å². The maximum atomic E-state index is 11.2. The molecule has 0 aromatic carbocycles. The first-order valence-electron chi connectivity index (χ1n) is 3.97. The maximum Gasteiger partial charge on any atom is 0.152 e. The third kappa shape index (κ3) is 2.79. The zero-order chi connectivity index (χ0) is 8.54. The predicted octanol–water partition coefficient (Wildman–Crippen LogP) is 0.303. The summed E-state index contributed by atoms with van der Waals surface area (Å²) in [5.74, 6) is 0.472. The Morgan fingerprint density at radius 2 is 2.00 bits per heavy atom. The molecule has 1 saturated carbocycles. The summed E-state index contributed by atoms with van der Waals surface area (Å²) in [6.45, 7) is 1.87. The van der Waals surface area contributed by atoms with E-state index in [0.29, 0.717) is 6.42 Å². The van der Waals surface area contributed by atoms with Crippen LogP contribution in [0.2, 0.25) is 0 Å². The molecular formula is C7H15NO2S. The van der Waals surface area contributed by atoms with E-state index in [4.69, 9.17) is 5.73 Å². The third-order valence-corrected chi connectivity index (χ3v) is 3.96. The maximum absolute atomic E-state index is 11.2. The zero-order valence-corrected chi connectivity index (χ0v) is 7.65. The van der Waals surface area contributed by atoms with Crippen molar-refractivity contribution in [1.29, 1.82) is 0 Å². The summed E-state index contributed by atoms with van der Waals surface area (Å²) in [6.07, 6.45) is 2.43. The lowest BCUT2D eigenvalue weighted by Gasteiger charge is -2.07. The number of sulfone groups is 1. The summed E-state index contributed by atoms with van der Waals surface area (Å²) in [5.41, 5.74) is 5.33. The fourth-order valence-corrected chi connectivity index (χ4v) is 3.06. The molecule has 0 unspecified atom stereocenters. The number of rotatable bonds is 4. The molecule has 1 rings (SSSR count). The van der Waals surface area contributed by atoms with Crippen LogP contribution in [0.3, 0.4) is 0 Å². The van der Waals surface area contributed by atoms with Gasteiger partial charge in [0.15, 0.2) is 9.84 Å². The van der Waals surface area contributed by atoms with Crippen molar-refractivity contribution in [2.45, 2.75) is 31.7 Å². The van der Waals surface area contributed by atoms with Gasteiger partial charge in [0.1, 0.15) is 0 Å². The number of hydrogen-bond donors (Lipinski definition) is 1. The van der Waals surface area contributed by atoms with Crippen LogP contribution >= 0.6 is 0 Å². The SMILES string of the molecule is CCCS(=O)(=O)CC1(N)CC1. The summed E-state index contributed by atoms with van der Waals surface area (Å²) in [7, 11) is -2.85. The van der Waals surface area contributed by atoms with Gasteiger partial charge >= 0.3 is 0 Å². The van der Waals surface area contributed by atoms with Gasteiger partial charge in [-0.15, -0.1) is 0 Å². The first kappa shape index (κ1) is 9.00. The fraction of sp³-hybridized carbons (Fsp3) is 1.00. The second kappa shape index (κ2) is 2.75. The minimum Gasteiger partial charge on any atom is -0.324 e. The van der Waals surface area contributed by atoms with Gasteiger partial charge in [-0.25, -0.2) is 8.42 Å². The lowest BCUT2D eigenvalue weighted by molar-refractivity contribution is 0.584. The monoisotopic (exact) mass is 177 g/mol. The molecule has 0 aliphatic heterocycles. The Morgan fingerprint density at radius 3 is 2.36 bits per heavy atom. The summed E-state index contributed by atoms with van der Waals surface area (Å²) in [5, 5.41) is 0. The smallest absolute Gasteiger partial charge is 0.152 e. The van der Waals surface area contributed by atoms with Crippen LogP contribution in [-0.2, 0) is 9.84 Å². The highest BCUT2D eigenvalue weighted by molar-refractivity contribution is 7.91. The Morgan fingerprint density at radius 1 is 1.45 bits per heavy atom. The molecule has 0 aromatic heterocycles. The van der Waals surface area contributed by atoms with Crippen molar-refractivity contribution < 1.29 is 8.42 Å². The molecule has 1 aliphatic rings. The molecule has 0 spiro atoms. The molecule has 0 radical (unpaired) electrons. The van der Waals surface area contributed by atoms with Crippen LogP contribution < -0.4 is 5.73 Å². The van der Waals surface area contributed by atoms with Crippen molar-refractivity contribution in [2.24, 2.45) is 5.73 Å². The molecule has 0 amide bonds. The second-order valence-corrected chi connectivity index (χ2v) is 5.64. The highest BCUT2D eigenvalue weighted by Gasteiger charge is 2.41. The quantitative estimate of drug-likeness (QED) is 0.672. The van der Waals surface area contributed by atoms with Gasteiger partial charge in [-0.1, -0.05) is 6.92 Å². The highest BCUT2D eigenvalue weighted by Crippen LogP contribution is 2.33. The number of hydrogen-bond acceptors (Lipinski definition) is 3. The van der Waals surface area contributed by atoms with E-state index >= 15 is 0 Å². The fourth-order valence-electron chi connectivity index (χ4n) is 1.13. The van der Waals surface area contributed by atoms with Gasteiger partial charge in [-0.05, 0) is 19.3 Å². The van der Waals surface area contributed by atoms with Crippen LogP contribution in [0.15, 0.2) is 0 Å². The van der Waals surface area contributed by atoms with E-state index in [1.807, 2.05) is 6.92 Å². The highest BCUT2D eigenvalue weighted by atomic mass is 32.2. The van der Waals surface area contributed by atoms with Crippen LogP contribution in [0.1, 0.15) is 26.2 Å². The van der Waals surface area contributed by atoms with Crippen molar-refractivity contribution in [3.8, 4) is 0 Å². The van der Waals surface area contributed by atoms with Crippen molar-refractivity contribution in [3.05, 3.63) is 0 Å². The van der Waals surface area contributed by atoms with E-state index in [-0.39, 0.29) is 17.0 Å². The molecular weight excluding hydrogens is 162 g/mol. The molecule has 1 aliphatic carbocycles. The molecule has 4 heteroatoms. The first-order valence-corrected chi connectivity index (χ1v) is 5.79. The van der Waals surface area contributed by atoms with Gasteiger partial charge in [-0.2, -0.15) is 0 Å². The van der Waals surface area contributed by atoms with E-state index in [9.17, 15) is 8.42 Å². The van der Waals surface area contributed by atoms with Gasteiger partial charge in [-0.3, -0.25) is 0 Å². The molecule has 0 aromatic rings. The Balaban J connectivity index is 2.47. The molecule has 0 saturated heterocycles. The van der Waals surface area contributed by atoms with Gasteiger partial charge in [0.2, 0.25) is 0 Å². The van der Waals surface area contributed by atoms with Gasteiger partial charge < -0.3 is 5.73 Å². The van der Waals surface area contributed by atoms with E-state index < -0.39 is 9.84 Å². The minimum absolute atomic E-state index is 0.188. The largest absolute Gasteiger partial charge is 0.324 e. The van der Waals surface area contributed by atoms with E-state index in [0.717, 1.165) is 12.8 Å². The average Bonchev–Trinajstić information content (AvgIpc) is 2.45. The van der Waals surface area contributed by atoms with Gasteiger partial charge in [0, 0.05) is 11.3 Å². The van der Waals surface area contributed by atoms with Gasteiger partial charge in [0.25, 0.3) is 0 Å². The van der Waals surface area contributed by atoms with E-state index in [1.54, 1.807) is 0 Å². The lowest BCUT2D eigenvalue weighted by Crippen LogP contribution is -2.32. The third-order valence-electron chi connectivity index (χ3n) is 1.91. The van der Waals surface area contributed by atoms with Gasteiger partial charge in [0.05, 0.1) is 5.75 Å². The lowest BCUT2D eigenvalue weighted by atomic mass is 10.4. The van der Waals surface area contributed by atoms with Crippen molar-refractivity contribution >= 4 is 9.84 Å². The molecule has 2 N–H and O–H groups in total. The molecule has 0 heterocycles. The van der Waals surface area contributed by atoms with Crippen molar-refractivity contribution in [1.82, 2.24) is 0 Å². The Kier molecular flexibility index (Phi) is 2.25. The van der Waals surface area contributed by atoms with Crippen LogP contribution in [0.25, 0.3) is 0 Å². The standard InChI is InChI=1S/C7H15NO2S/c1-2-5-11(9,10)6-7(8)3-4-7/h2-6,8H2,1H3. The zero-order valence-electron chi connectivity index (χ0n) is 6.84. The second-order valence-electron chi connectivity index (χ2n) is 3.45. The molecule has 0 atom stereocenters. The minimum atomic E-state index is -2.85. The van der Waals surface area contributed by atoms with E-state index in [2.05, 4.69) is 0 Å². The summed E-state index contributed by atoms with van der Waals surface area (Å²) in [6, 6.07) is 0. The summed E-state index contributed by atoms with van der Waals surface area (Å²) < 4.78 is 22.4. The summed E-state index contributed by atoms with van der Waals surface area (Å²) >= 11 is 0. The topological polar surface area (TPSA) is 60.2 Å². The molecule has 66 valence electrons. The number of nitrogens with two attached hydrogens (primary N) is 1. The predicted molar refractivity (Wildman–Crippen MR) is 45.1 cm³/mol. The normalized spacial score (nSPS) is 21.6. The van der Waals surface area contributed by atoms with Crippen LogP contribution in [0, 0.1) is 0 Å². The van der Waals surface area contributed by atoms with Crippen LogP contribution in [0.5, 0.6) is 0 Å². The Hall–Kier alpha value is -0.0900. The molecule has 0 bridgehead atoms. The first-order chi connectivity index (χ1) is 4.97. The Labute approximate surface area is 67.9 Å². The average molecular weight is 177 g/mol. The van der Waals surface area contributed by atoms with Crippen LogP contribution in [0.4, 0.5) is 0 Å². The molecule has 11 heavy (non-hydrogen) atoms. The van der Waals surface area contributed by atoms with Crippen LogP contribution in [-0.4, -0.2) is 25.5 Å². The van der Waals surface area contributed by atoms with Crippen molar-refractivity contribution in [2.75, 3.05) is 11.5 Å². The summed E-state index contributed by atoms with van der Waals surface area (Å²) in [4.78, 5) is 0. The molecule has 1 fully saturated rings. The van der Waals surface area contributed by atoms with Crippen molar-refractivity contribution in [3.63, 3.8) is 0 Å². The Bertz CT molecular complexity index is 229. The molecule has 3 nitrogen and oxygen atoms in total.